The van der Waals surface area contributed by atoms with Crippen molar-refractivity contribution >= 4 is 33.6 Å². The Hall–Kier alpha value is -5.31. The Bertz CT molecular complexity index is 1870. The van der Waals surface area contributed by atoms with E-state index in [1.165, 1.54) is 0 Å². The highest BCUT2D eigenvalue weighted by Gasteiger charge is 2.22. The van der Waals surface area contributed by atoms with E-state index in [1.54, 1.807) is 29.9 Å². The summed E-state index contributed by atoms with van der Waals surface area (Å²) in [4.78, 5) is 33.8. The van der Waals surface area contributed by atoms with Gasteiger partial charge >= 0.3 is 0 Å². The molecule has 1 atom stereocenters. The Labute approximate surface area is 230 Å². The maximum Gasteiger partial charge on any atom is 0.252 e. The number of pyridine rings is 1. The lowest BCUT2D eigenvalue weighted by atomic mass is 10.0. The average molecular weight is 530 g/mol. The van der Waals surface area contributed by atoms with Gasteiger partial charge in [0.1, 0.15) is 11.7 Å². The van der Waals surface area contributed by atoms with Gasteiger partial charge < -0.3 is 15.6 Å². The molecule has 40 heavy (non-hydrogen) atoms. The molecular weight excluding hydrogens is 502 g/mol. The lowest BCUT2D eigenvalue weighted by Gasteiger charge is -2.17. The minimum atomic E-state index is -0.746. The van der Waals surface area contributed by atoms with Gasteiger partial charge in [0.15, 0.2) is 0 Å². The number of fused-ring (bicyclic) bond motifs is 2. The first-order valence-corrected chi connectivity index (χ1v) is 13.0. The Kier molecular flexibility index (Phi) is 6.53. The zero-order valence-electron chi connectivity index (χ0n) is 22.1. The van der Waals surface area contributed by atoms with Crippen molar-refractivity contribution in [2.24, 2.45) is 0 Å². The number of hydrogen-bond donors (Lipinski definition) is 3. The maximum absolute atomic E-state index is 13.3. The molecule has 0 aliphatic carbocycles. The van der Waals surface area contributed by atoms with Gasteiger partial charge in [0.05, 0.1) is 17.4 Å². The lowest BCUT2D eigenvalue weighted by molar-refractivity contribution is -0.122. The second kappa shape index (κ2) is 10.5. The van der Waals surface area contributed by atoms with Crippen molar-refractivity contribution in [2.45, 2.75) is 19.4 Å². The second-order valence-electron chi connectivity index (χ2n) is 9.66. The van der Waals surface area contributed by atoms with E-state index >= 15 is 0 Å². The topological polar surface area (TPSA) is 118 Å². The molecule has 0 fully saturated rings. The molecule has 3 aromatic heterocycles. The van der Waals surface area contributed by atoms with E-state index < -0.39 is 6.04 Å². The molecule has 198 valence electrons. The fourth-order valence-electron chi connectivity index (χ4n) is 4.84. The predicted molar refractivity (Wildman–Crippen MR) is 154 cm³/mol. The number of benzene rings is 3. The van der Waals surface area contributed by atoms with E-state index in [9.17, 15) is 9.59 Å². The SMILES string of the molecule is CNC(=O)[C@H](Cc1c[nH]c2ccccc12)NC(=O)c1cccc(-n2cc(-c3ccc4nc(C)ccc4c3)nn2)c1. The summed E-state index contributed by atoms with van der Waals surface area (Å²) in [6.07, 6.45) is 4.05. The molecule has 6 aromatic rings. The van der Waals surface area contributed by atoms with Crippen molar-refractivity contribution in [3.8, 4) is 16.9 Å². The van der Waals surface area contributed by atoms with Crippen LogP contribution in [0.1, 0.15) is 21.6 Å². The van der Waals surface area contributed by atoms with Gasteiger partial charge in [0.25, 0.3) is 5.91 Å². The molecule has 0 spiro atoms. The maximum atomic E-state index is 13.3. The Morgan fingerprint density at radius 2 is 1.88 bits per heavy atom. The van der Waals surface area contributed by atoms with E-state index in [0.717, 1.165) is 38.6 Å². The number of likely N-dealkylation sites (N-methyl/N-ethyl adjacent to an activating group) is 1. The van der Waals surface area contributed by atoms with E-state index in [0.29, 0.717) is 23.4 Å². The number of nitrogens with zero attached hydrogens (tertiary/aromatic N) is 4. The minimum absolute atomic E-state index is 0.267. The van der Waals surface area contributed by atoms with Crippen LogP contribution in [-0.2, 0) is 11.2 Å². The summed E-state index contributed by atoms with van der Waals surface area (Å²) >= 11 is 0. The predicted octanol–water partition coefficient (Wildman–Crippen LogP) is 4.36. The summed E-state index contributed by atoms with van der Waals surface area (Å²) in [5.41, 5.74) is 6.54. The second-order valence-corrected chi connectivity index (χ2v) is 9.66. The average Bonchev–Trinajstić information content (AvgIpc) is 3.64. The number of para-hydroxylation sites is 1. The first kappa shape index (κ1) is 25.0. The Balaban J connectivity index is 1.22. The van der Waals surface area contributed by atoms with Crippen molar-refractivity contribution in [2.75, 3.05) is 7.05 Å². The number of amides is 2. The standard InChI is InChI=1S/C31H27N7O2/c1-19-10-11-20-14-21(12-13-26(20)34-19)29-18-38(37-36-29)24-7-5-6-22(15-24)30(39)35-28(31(40)32-2)16-23-17-33-27-9-4-3-8-25(23)27/h3-15,17-18,28,33H,16H2,1-2H3,(H,32,40)(H,35,39)/t28-/m0/s1. The third-order valence-corrected chi connectivity index (χ3v) is 6.96. The number of hydrogen-bond acceptors (Lipinski definition) is 5. The molecule has 9 nitrogen and oxygen atoms in total. The smallest absolute Gasteiger partial charge is 0.252 e. The highest BCUT2D eigenvalue weighted by molar-refractivity contribution is 5.98. The van der Waals surface area contributed by atoms with E-state index in [-0.39, 0.29) is 11.8 Å². The molecule has 2 amide bonds. The first-order valence-electron chi connectivity index (χ1n) is 13.0. The van der Waals surface area contributed by atoms with Gasteiger partial charge in [-0.3, -0.25) is 14.6 Å². The Morgan fingerprint density at radius 3 is 2.75 bits per heavy atom. The summed E-state index contributed by atoms with van der Waals surface area (Å²) in [6, 6.07) is 24.2. The number of aromatic nitrogens is 5. The van der Waals surface area contributed by atoms with Crippen molar-refractivity contribution in [3.63, 3.8) is 0 Å². The highest BCUT2D eigenvalue weighted by atomic mass is 16.2. The molecule has 3 aromatic carbocycles. The van der Waals surface area contributed by atoms with Crippen LogP contribution < -0.4 is 10.6 Å². The van der Waals surface area contributed by atoms with Gasteiger partial charge in [-0.2, -0.15) is 0 Å². The van der Waals surface area contributed by atoms with Crippen molar-refractivity contribution in [1.82, 2.24) is 35.6 Å². The van der Waals surface area contributed by atoms with Crippen LogP contribution in [0.5, 0.6) is 0 Å². The van der Waals surface area contributed by atoms with Crippen molar-refractivity contribution < 1.29 is 9.59 Å². The quantitative estimate of drug-likeness (QED) is 0.284. The first-order chi connectivity index (χ1) is 19.5. The summed E-state index contributed by atoms with van der Waals surface area (Å²) in [6.45, 7) is 1.97. The molecule has 0 radical (unpaired) electrons. The molecule has 0 saturated heterocycles. The Morgan fingerprint density at radius 1 is 1.00 bits per heavy atom. The largest absolute Gasteiger partial charge is 0.361 e. The fraction of sp³-hybridized carbons (Fsp3) is 0.129. The van der Waals surface area contributed by atoms with E-state index in [4.69, 9.17) is 0 Å². The third-order valence-electron chi connectivity index (χ3n) is 6.96. The number of aromatic amines is 1. The van der Waals surface area contributed by atoms with Crippen LogP contribution in [0.15, 0.2) is 91.3 Å². The number of rotatable bonds is 7. The number of nitrogens with one attached hydrogen (secondary N) is 3. The molecule has 0 saturated carbocycles. The summed E-state index contributed by atoms with van der Waals surface area (Å²) in [5.74, 6) is -0.621. The lowest BCUT2D eigenvalue weighted by Crippen LogP contribution is -2.47. The third kappa shape index (κ3) is 4.92. The molecule has 0 bridgehead atoms. The molecule has 9 heteroatoms. The van der Waals surface area contributed by atoms with Gasteiger partial charge in [0.2, 0.25) is 5.91 Å². The van der Waals surface area contributed by atoms with Gasteiger partial charge in [0, 0.05) is 52.8 Å². The molecule has 6 rings (SSSR count). The summed E-state index contributed by atoms with van der Waals surface area (Å²) < 4.78 is 1.63. The molecule has 3 N–H and O–H groups in total. The normalized spacial score (nSPS) is 11.9. The molecule has 3 heterocycles. The van der Waals surface area contributed by atoms with Crippen LogP contribution in [0.2, 0.25) is 0 Å². The summed E-state index contributed by atoms with van der Waals surface area (Å²) in [7, 11) is 1.56. The molecular formula is C31H27N7O2. The molecule has 0 aliphatic rings. The van der Waals surface area contributed by atoms with Crippen LogP contribution in [0.3, 0.4) is 0 Å². The molecule has 0 unspecified atom stereocenters. The van der Waals surface area contributed by atoms with E-state index in [2.05, 4.69) is 30.9 Å². The van der Waals surface area contributed by atoms with Gasteiger partial charge in [-0.05, 0) is 55.0 Å². The van der Waals surface area contributed by atoms with Crippen LogP contribution >= 0.6 is 0 Å². The fourth-order valence-corrected chi connectivity index (χ4v) is 4.84. The summed E-state index contributed by atoms with van der Waals surface area (Å²) in [5, 5.41) is 16.2. The van der Waals surface area contributed by atoms with Gasteiger partial charge in [-0.1, -0.05) is 41.6 Å². The number of carbonyl (C=O) groups is 2. The number of H-pyrrole nitrogens is 1. The van der Waals surface area contributed by atoms with Crippen LogP contribution in [0.4, 0.5) is 0 Å². The van der Waals surface area contributed by atoms with Crippen molar-refractivity contribution in [3.05, 3.63) is 108 Å². The zero-order valence-corrected chi connectivity index (χ0v) is 22.1. The zero-order chi connectivity index (χ0) is 27.6. The monoisotopic (exact) mass is 529 g/mol. The minimum Gasteiger partial charge on any atom is -0.361 e. The van der Waals surface area contributed by atoms with Gasteiger partial charge in [-0.25, -0.2) is 4.68 Å². The van der Waals surface area contributed by atoms with E-state index in [1.807, 2.05) is 80.0 Å². The van der Waals surface area contributed by atoms with Crippen LogP contribution in [-0.4, -0.2) is 49.9 Å². The highest BCUT2D eigenvalue weighted by Crippen LogP contribution is 2.23. The number of carbonyl (C=O) groups excluding carboxylic acids is 2. The van der Waals surface area contributed by atoms with Crippen molar-refractivity contribution in [1.29, 1.82) is 0 Å². The van der Waals surface area contributed by atoms with Gasteiger partial charge in [-0.15, -0.1) is 5.10 Å². The number of aryl methyl sites for hydroxylation is 1. The van der Waals surface area contributed by atoms with Crippen LogP contribution in [0, 0.1) is 6.92 Å². The molecule has 0 aliphatic heterocycles. The van der Waals surface area contributed by atoms with Crippen LogP contribution in [0.25, 0.3) is 38.8 Å².